The number of carbonyl (C=O) groups excluding carboxylic acids is 1. The van der Waals surface area contributed by atoms with Crippen LogP contribution in [0, 0.1) is 5.92 Å². The highest BCUT2D eigenvalue weighted by atomic mass is 16.5. The molecular formula is C12H21NO3. The molecule has 2 rings (SSSR count). The summed E-state index contributed by atoms with van der Waals surface area (Å²) < 4.78 is 5.06. The predicted molar refractivity (Wildman–Crippen MR) is 60.0 cm³/mol. The number of hydrogen-bond acceptors (Lipinski definition) is 4. The maximum atomic E-state index is 10.9. The highest BCUT2D eigenvalue weighted by Gasteiger charge is 2.33. The topological polar surface area (TPSA) is 49.8 Å². The average Bonchev–Trinajstić information content (AvgIpc) is 2.35. The molecule has 0 aromatic heterocycles. The van der Waals surface area contributed by atoms with Gasteiger partial charge in [0.25, 0.3) is 0 Å². The van der Waals surface area contributed by atoms with Gasteiger partial charge in [-0.1, -0.05) is 6.42 Å². The fourth-order valence-electron chi connectivity index (χ4n) is 3.02. The van der Waals surface area contributed by atoms with Crippen molar-refractivity contribution in [2.24, 2.45) is 5.92 Å². The van der Waals surface area contributed by atoms with E-state index in [-0.39, 0.29) is 0 Å². The van der Waals surface area contributed by atoms with E-state index >= 15 is 0 Å². The maximum Gasteiger partial charge on any atom is 0.331 e. The fourth-order valence-corrected chi connectivity index (χ4v) is 3.02. The predicted octanol–water partition coefficient (Wildman–Crippen LogP) is 0.786. The number of nitrogens with zero attached hydrogens (tertiary/aromatic N) is 1. The zero-order valence-electron chi connectivity index (χ0n) is 9.73. The lowest BCUT2D eigenvalue weighted by atomic mass is 9.84. The van der Waals surface area contributed by atoms with Crippen molar-refractivity contribution in [1.82, 2.24) is 4.90 Å². The number of ether oxygens (including phenoxy) is 1. The summed E-state index contributed by atoms with van der Waals surface area (Å²) in [7, 11) is 0. The fraction of sp³-hybridized carbons (Fsp3) is 0.917. The van der Waals surface area contributed by atoms with Gasteiger partial charge in [-0.25, -0.2) is 4.79 Å². The first-order valence-corrected chi connectivity index (χ1v) is 6.32. The standard InChI is InChI=1S/C12H21NO3/c14-8-12(15)16-9-10-4-3-7-13-6-2-1-5-11(10)13/h10-11,14H,1-9H2/t10-,11+/m0/s1. The van der Waals surface area contributed by atoms with E-state index < -0.39 is 12.6 Å². The molecule has 0 spiro atoms. The van der Waals surface area contributed by atoms with Crippen LogP contribution in [0.25, 0.3) is 0 Å². The van der Waals surface area contributed by atoms with Crippen LogP contribution < -0.4 is 0 Å². The van der Waals surface area contributed by atoms with Crippen LogP contribution in [-0.2, 0) is 9.53 Å². The molecule has 2 atom stereocenters. The van der Waals surface area contributed by atoms with Crippen LogP contribution in [0.1, 0.15) is 32.1 Å². The van der Waals surface area contributed by atoms with Gasteiger partial charge < -0.3 is 9.84 Å². The van der Waals surface area contributed by atoms with Crippen LogP contribution in [-0.4, -0.2) is 48.3 Å². The number of aliphatic hydroxyl groups excluding tert-OH is 1. The van der Waals surface area contributed by atoms with E-state index in [9.17, 15) is 4.79 Å². The molecule has 2 aliphatic rings. The molecule has 4 nitrogen and oxygen atoms in total. The Morgan fingerprint density at radius 2 is 2.06 bits per heavy atom. The van der Waals surface area contributed by atoms with Crippen molar-refractivity contribution in [1.29, 1.82) is 0 Å². The van der Waals surface area contributed by atoms with Crippen LogP contribution in [0.5, 0.6) is 0 Å². The van der Waals surface area contributed by atoms with E-state index in [2.05, 4.69) is 4.90 Å². The highest BCUT2D eigenvalue weighted by molar-refractivity contribution is 5.70. The molecule has 4 heteroatoms. The van der Waals surface area contributed by atoms with Gasteiger partial charge in [-0.15, -0.1) is 0 Å². The SMILES string of the molecule is O=C(CO)OC[C@@H]1CCCN2CCCC[C@H]12. The lowest BCUT2D eigenvalue weighted by Crippen LogP contribution is -2.49. The normalized spacial score (nSPS) is 30.8. The van der Waals surface area contributed by atoms with Gasteiger partial charge in [0.15, 0.2) is 0 Å². The Morgan fingerprint density at radius 1 is 1.25 bits per heavy atom. The third kappa shape index (κ3) is 2.74. The minimum absolute atomic E-state index is 0.476. The number of fused-ring (bicyclic) bond motifs is 1. The number of aliphatic hydroxyl groups is 1. The quantitative estimate of drug-likeness (QED) is 0.724. The summed E-state index contributed by atoms with van der Waals surface area (Å²) >= 11 is 0. The van der Waals surface area contributed by atoms with Crippen LogP contribution in [0.3, 0.4) is 0 Å². The number of hydrogen-bond donors (Lipinski definition) is 1. The molecule has 16 heavy (non-hydrogen) atoms. The first-order chi connectivity index (χ1) is 7.81. The van der Waals surface area contributed by atoms with Crippen molar-refractivity contribution in [3.63, 3.8) is 0 Å². The Kier molecular flexibility index (Phi) is 4.18. The first kappa shape index (κ1) is 11.9. The summed E-state index contributed by atoms with van der Waals surface area (Å²) in [6.45, 7) is 2.39. The number of piperidine rings is 2. The third-order valence-corrected chi connectivity index (χ3v) is 3.82. The molecule has 0 unspecified atom stereocenters. The molecule has 1 N–H and O–H groups in total. The van der Waals surface area contributed by atoms with E-state index in [0.717, 1.165) is 6.42 Å². The van der Waals surface area contributed by atoms with E-state index in [1.807, 2.05) is 0 Å². The van der Waals surface area contributed by atoms with Crippen molar-refractivity contribution in [2.45, 2.75) is 38.1 Å². The second kappa shape index (κ2) is 5.64. The monoisotopic (exact) mass is 227 g/mol. The molecule has 0 aromatic carbocycles. The molecule has 0 aliphatic carbocycles. The summed E-state index contributed by atoms with van der Waals surface area (Å²) in [5.41, 5.74) is 0. The van der Waals surface area contributed by atoms with E-state index in [4.69, 9.17) is 9.84 Å². The van der Waals surface area contributed by atoms with Crippen molar-refractivity contribution in [3.8, 4) is 0 Å². The van der Waals surface area contributed by atoms with Gasteiger partial charge >= 0.3 is 5.97 Å². The molecule has 0 radical (unpaired) electrons. The Bertz CT molecular complexity index is 242. The smallest absolute Gasteiger partial charge is 0.331 e. The van der Waals surface area contributed by atoms with Gasteiger partial charge in [-0.3, -0.25) is 4.90 Å². The largest absolute Gasteiger partial charge is 0.464 e. The van der Waals surface area contributed by atoms with Gasteiger partial charge in [-0.05, 0) is 38.8 Å². The van der Waals surface area contributed by atoms with Crippen LogP contribution in [0.4, 0.5) is 0 Å². The number of carbonyl (C=O) groups is 1. The van der Waals surface area contributed by atoms with E-state index in [1.165, 1.54) is 38.8 Å². The Hall–Kier alpha value is -0.610. The summed E-state index contributed by atoms with van der Waals surface area (Å²) in [6.07, 6.45) is 6.20. The molecule has 2 heterocycles. The molecular weight excluding hydrogens is 206 g/mol. The lowest BCUT2D eigenvalue weighted by molar-refractivity contribution is -0.149. The summed E-state index contributed by atoms with van der Waals surface area (Å²) in [4.78, 5) is 13.5. The molecule has 0 aromatic rings. The molecule has 2 saturated heterocycles. The highest BCUT2D eigenvalue weighted by Crippen LogP contribution is 2.30. The van der Waals surface area contributed by atoms with Gasteiger partial charge in [0.05, 0.1) is 6.61 Å². The van der Waals surface area contributed by atoms with Crippen molar-refractivity contribution in [3.05, 3.63) is 0 Å². The minimum Gasteiger partial charge on any atom is -0.464 e. The van der Waals surface area contributed by atoms with Crippen LogP contribution in [0.15, 0.2) is 0 Å². The molecule has 92 valence electrons. The molecule has 2 aliphatic heterocycles. The second-order valence-corrected chi connectivity index (χ2v) is 4.84. The summed E-state index contributed by atoms with van der Waals surface area (Å²) in [5.74, 6) is -0.0162. The first-order valence-electron chi connectivity index (χ1n) is 6.32. The van der Waals surface area contributed by atoms with Crippen molar-refractivity contribution in [2.75, 3.05) is 26.3 Å². The second-order valence-electron chi connectivity index (χ2n) is 4.84. The Morgan fingerprint density at radius 3 is 2.88 bits per heavy atom. The molecule has 0 amide bonds. The Labute approximate surface area is 96.6 Å². The van der Waals surface area contributed by atoms with Crippen molar-refractivity contribution < 1.29 is 14.6 Å². The van der Waals surface area contributed by atoms with E-state index in [1.54, 1.807) is 0 Å². The van der Waals surface area contributed by atoms with Crippen molar-refractivity contribution >= 4 is 5.97 Å². The zero-order valence-corrected chi connectivity index (χ0v) is 9.73. The van der Waals surface area contributed by atoms with Gasteiger partial charge in [-0.2, -0.15) is 0 Å². The molecule has 0 bridgehead atoms. The van der Waals surface area contributed by atoms with Gasteiger partial charge in [0.2, 0.25) is 0 Å². The Balaban J connectivity index is 1.85. The van der Waals surface area contributed by atoms with E-state index in [0.29, 0.717) is 18.6 Å². The number of rotatable bonds is 3. The average molecular weight is 227 g/mol. The summed E-state index contributed by atoms with van der Waals surface area (Å²) in [6, 6.07) is 0.606. The molecule has 2 fully saturated rings. The zero-order chi connectivity index (χ0) is 11.4. The lowest BCUT2D eigenvalue weighted by Gasteiger charge is -2.44. The third-order valence-electron chi connectivity index (χ3n) is 3.82. The summed E-state index contributed by atoms with van der Waals surface area (Å²) in [5, 5.41) is 8.61. The number of esters is 1. The molecule has 0 saturated carbocycles. The van der Waals surface area contributed by atoms with Gasteiger partial charge in [0, 0.05) is 12.0 Å². The maximum absolute atomic E-state index is 10.9. The van der Waals surface area contributed by atoms with Crippen LogP contribution in [0.2, 0.25) is 0 Å². The minimum atomic E-state index is -0.499. The van der Waals surface area contributed by atoms with Gasteiger partial charge in [0.1, 0.15) is 6.61 Å². The van der Waals surface area contributed by atoms with Crippen LogP contribution >= 0.6 is 0 Å².